The van der Waals surface area contributed by atoms with Gasteiger partial charge in [0.1, 0.15) is 0 Å². The van der Waals surface area contributed by atoms with E-state index in [-0.39, 0.29) is 11.5 Å². The summed E-state index contributed by atoms with van der Waals surface area (Å²) in [6.45, 7) is 9.64. The monoisotopic (exact) mass is 294 g/mol. The molecular formula is C14H26N6O. The zero-order chi connectivity index (χ0) is 15.5. The maximum Gasteiger partial charge on any atom is 0.232 e. The van der Waals surface area contributed by atoms with Crippen molar-refractivity contribution in [1.82, 2.24) is 15.0 Å². The van der Waals surface area contributed by atoms with Crippen molar-refractivity contribution in [2.45, 2.75) is 39.2 Å². The summed E-state index contributed by atoms with van der Waals surface area (Å²) < 4.78 is 5.63. The van der Waals surface area contributed by atoms with Crippen molar-refractivity contribution >= 4 is 17.8 Å². The average molecular weight is 294 g/mol. The fraction of sp³-hybridized carbons (Fsp3) is 0.786. The highest BCUT2D eigenvalue weighted by molar-refractivity contribution is 5.44. The molecule has 0 bridgehead atoms. The van der Waals surface area contributed by atoms with E-state index in [2.05, 4.69) is 45.5 Å². The summed E-state index contributed by atoms with van der Waals surface area (Å²) in [5, 5.41) is 0. The molecule has 2 heterocycles. The molecule has 0 aromatic carbocycles. The normalized spacial score (nSPS) is 22.4. The lowest BCUT2D eigenvalue weighted by Gasteiger charge is -2.39. The maximum atomic E-state index is 5.87. The number of piperidine rings is 1. The van der Waals surface area contributed by atoms with E-state index in [0.29, 0.717) is 11.9 Å². The number of aromatic nitrogens is 3. The van der Waals surface area contributed by atoms with Crippen LogP contribution in [0.1, 0.15) is 33.6 Å². The second kappa shape index (κ2) is 6.43. The zero-order valence-corrected chi connectivity index (χ0v) is 13.5. The van der Waals surface area contributed by atoms with Crippen molar-refractivity contribution in [2.24, 2.45) is 0 Å². The third-order valence-electron chi connectivity index (χ3n) is 4.11. The summed E-state index contributed by atoms with van der Waals surface area (Å²) in [5.74, 6) is 1.56. The van der Waals surface area contributed by atoms with Crippen LogP contribution in [0.4, 0.5) is 17.8 Å². The first kappa shape index (κ1) is 15.8. The molecule has 2 rings (SSSR count). The van der Waals surface area contributed by atoms with Gasteiger partial charge in [-0.25, -0.2) is 0 Å². The number of hydrogen-bond acceptors (Lipinski definition) is 7. The second-order valence-electron chi connectivity index (χ2n) is 5.65. The zero-order valence-electron chi connectivity index (χ0n) is 13.5. The van der Waals surface area contributed by atoms with Gasteiger partial charge in [0, 0.05) is 33.3 Å². The second-order valence-corrected chi connectivity index (χ2v) is 5.65. The Balaban J connectivity index is 2.27. The van der Waals surface area contributed by atoms with Gasteiger partial charge in [-0.2, -0.15) is 15.0 Å². The van der Waals surface area contributed by atoms with E-state index in [1.54, 1.807) is 7.11 Å². The highest BCUT2D eigenvalue weighted by atomic mass is 16.5. The largest absolute Gasteiger partial charge is 0.377 e. The van der Waals surface area contributed by atoms with Crippen molar-refractivity contribution in [1.29, 1.82) is 0 Å². The Hall–Kier alpha value is -1.63. The molecular weight excluding hydrogens is 268 g/mol. The number of methoxy groups -OCH3 is 1. The molecule has 1 aliphatic heterocycles. The van der Waals surface area contributed by atoms with Crippen LogP contribution in [0.25, 0.3) is 0 Å². The van der Waals surface area contributed by atoms with Crippen molar-refractivity contribution in [3.05, 3.63) is 0 Å². The fourth-order valence-electron chi connectivity index (χ4n) is 2.70. The number of nitrogen functional groups attached to an aromatic ring is 1. The minimum absolute atomic E-state index is 0.158. The van der Waals surface area contributed by atoms with Crippen LogP contribution in [-0.2, 0) is 4.74 Å². The van der Waals surface area contributed by atoms with E-state index in [9.17, 15) is 0 Å². The molecule has 7 heteroatoms. The molecule has 0 aliphatic carbocycles. The lowest BCUT2D eigenvalue weighted by atomic mass is 9.95. The minimum atomic E-state index is -0.158. The van der Waals surface area contributed by atoms with Crippen LogP contribution >= 0.6 is 0 Å². The van der Waals surface area contributed by atoms with Gasteiger partial charge in [-0.3, -0.25) is 0 Å². The highest BCUT2D eigenvalue weighted by Crippen LogP contribution is 2.27. The molecule has 118 valence electrons. The van der Waals surface area contributed by atoms with Crippen molar-refractivity contribution in [2.75, 3.05) is 48.8 Å². The number of anilines is 3. The number of hydrogen-bond donors (Lipinski definition) is 1. The number of nitrogens with zero attached hydrogens (tertiary/aromatic N) is 5. The molecule has 0 amide bonds. The Labute approximate surface area is 126 Å². The first-order chi connectivity index (χ1) is 10.0. The van der Waals surface area contributed by atoms with Crippen LogP contribution in [0.15, 0.2) is 0 Å². The molecule has 1 unspecified atom stereocenters. The lowest BCUT2D eigenvalue weighted by Crippen LogP contribution is -2.48. The predicted octanol–water partition coefficient (Wildman–Crippen LogP) is 1.31. The summed E-state index contributed by atoms with van der Waals surface area (Å²) in [6.07, 6.45) is 2.10. The van der Waals surface area contributed by atoms with Gasteiger partial charge in [0.05, 0.1) is 5.60 Å². The molecule has 1 saturated heterocycles. The van der Waals surface area contributed by atoms with Gasteiger partial charge >= 0.3 is 0 Å². The van der Waals surface area contributed by atoms with E-state index < -0.39 is 0 Å². The molecule has 1 atom stereocenters. The van der Waals surface area contributed by atoms with Crippen molar-refractivity contribution < 1.29 is 4.74 Å². The molecule has 0 radical (unpaired) electrons. The van der Waals surface area contributed by atoms with E-state index in [1.165, 1.54) is 0 Å². The molecule has 0 saturated carbocycles. The Morgan fingerprint density at radius 3 is 2.62 bits per heavy atom. The third-order valence-corrected chi connectivity index (χ3v) is 4.11. The van der Waals surface area contributed by atoms with Gasteiger partial charge in [0.25, 0.3) is 0 Å². The molecule has 1 aromatic heterocycles. The van der Waals surface area contributed by atoms with E-state index >= 15 is 0 Å². The molecule has 1 fully saturated rings. The van der Waals surface area contributed by atoms with Crippen molar-refractivity contribution in [3.63, 3.8) is 0 Å². The quantitative estimate of drug-likeness (QED) is 0.876. The lowest BCUT2D eigenvalue weighted by molar-refractivity contribution is -0.00498. The Bertz CT molecular complexity index is 479. The molecule has 1 aliphatic rings. The maximum absolute atomic E-state index is 5.87. The summed E-state index contributed by atoms with van der Waals surface area (Å²) in [6, 6.07) is 0. The average Bonchev–Trinajstić information content (AvgIpc) is 2.48. The first-order valence-electron chi connectivity index (χ1n) is 7.58. The van der Waals surface area contributed by atoms with Crippen molar-refractivity contribution in [3.8, 4) is 0 Å². The molecule has 21 heavy (non-hydrogen) atoms. The van der Waals surface area contributed by atoms with Crippen LogP contribution < -0.4 is 15.5 Å². The SMILES string of the molecule is CCN(CC)c1nc(N)nc(N2CCCC(C)(OC)C2)n1. The third kappa shape index (κ3) is 3.53. The van der Waals surface area contributed by atoms with Crippen LogP contribution in [-0.4, -0.2) is 53.8 Å². The van der Waals surface area contributed by atoms with Gasteiger partial charge < -0.3 is 20.3 Å². The summed E-state index contributed by atoms with van der Waals surface area (Å²) in [4.78, 5) is 17.4. The highest BCUT2D eigenvalue weighted by Gasteiger charge is 2.32. The van der Waals surface area contributed by atoms with Gasteiger partial charge in [-0.15, -0.1) is 0 Å². The van der Waals surface area contributed by atoms with Crippen LogP contribution in [0.2, 0.25) is 0 Å². The van der Waals surface area contributed by atoms with E-state index in [4.69, 9.17) is 10.5 Å². The molecule has 1 aromatic rings. The van der Waals surface area contributed by atoms with Crippen LogP contribution in [0, 0.1) is 0 Å². The van der Waals surface area contributed by atoms with Crippen LogP contribution in [0.3, 0.4) is 0 Å². The minimum Gasteiger partial charge on any atom is -0.377 e. The number of rotatable bonds is 5. The summed E-state index contributed by atoms with van der Waals surface area (Å²) >= 11 is 0. The number of nitrogens with two attached hydrogens (primary N) is 1. The molecule has 2 N–H and O–H groups in total. The standard InChI is InChI=1S/C14H26N6O/c1-5-19(6-2)12-16-11(15)17-13(18-12)20-9-7-8-14(3,10-20)21-4/h5-10H2,1-4H3,(H2,15,16,17,18). The topological polar surface area (TPSA) is 80.4 Å². The summed E-state index contributed by atoms with van der Waals surface area (Å²) in [5.41, 5.74) is 5.71. The van der Waals surface area contributed by atoms with E-state index in [1.807, 2.05) is 0 Å². The molecule has 7 nitrogen and oxygen atoms in total. The fourth-order valence-corrected chi connectivity index (χ4v) is 2.70. The number of ether oxygens (including phenoxy) is 1. The molecule has 0 spiro atoms. The Kier molecular flexibility index (Phi) is 4.82. The predicted molar refractivity (Wildman–Crippen MR) is 84.7 cm³/mol. The van der Waals surface area contributed by atoms with Gasteiger partial charge in [0.2, 0.25) is 17.8 Å². The van der Waals surface area contributed by atoms with E-state index in [0.717, 1.165) is 39.0 Å². The van der Waals surface area contributed by atoms with Gasteiger partial charge in [-0.05, 0) is 33.6 Å². The summed E-state index contributed by atoms with van der Waals surface area (Å²) in [7, 11) is 1.76. The Morgan fingerprint density at radius 1 is 1.29 bits per heavy atom. The van der Waals surface area contributed by atoms with Crippen LogP contribution in [0.5, 0.6) is 0 Å². The first-order valence-corrected chi connectivity index (χ1v) is 7.58. The smallest absolute Gasteiger partial charge is 0.232 e. The van der Waals surface area contributed by atoms with Gasteiger partial charge in [-0.1, -0.05) is 0 Å². The van der Waals surface area contributed by atoms with Gasteiger partial charge in [0.15, 0.2) is 0 Å². The Morgan fingerprint density at radius 2 is 2.00 bits per heavy atom.